The Bertz CT molecular complexity index is 535. The third-order valence-corrected chi connectivity index (χ3v) is 3.34. The molecule has 0 saturated heterocycles. The van der Waals surface area contributed by atoms with Crippen LogP contribution in [0.15, 0.2) is 29.3 Å². The van der Waals surface area contributed by atoms with Crippen molar-refractivity contribution < 1.29 is 14.7 Å². The predicted molar refractivity (Wildman–Crippen MR) is 78.5 cm³/mol. The molecule has 1 amide bonds. The maximum atomic E-state index is 11.9. The fourth-order valence-corrected chi connectivity index (χ4v) is 1.77. The molecule has 4 nitrogen and oxygen atoms in total. The van der Waals surface area contributed by atoms with Crippen LogP contribution < -0.4 is 5.32 Å². The van der Waals surface area contributed by atoms with E-state index in [1.807, 2.05) is 25.1 Å². The Kier molecular flexibility index (Phi) is 4.89. The molecular weight excluding hydrogens is 345 g/mol. The Labute approximate surface area is 119 Å². The van der Waals surface area contributed by atoms with E-state index < -0.39 is 5.97 Å². The van der Waals surface area contributed by atoms with Crippen LogP contribution in [0.2, 0.25) is 0 Å². The highest BCUT2D eigenvalue weighted by Gasteiger charge is 2.13. The monoisotopic (exact) mass is 359 g/mol. The lowest BCUT2D eigenvalue weighted by Crippen LogP contribution is -2.16. The number of hydrogen-bond acceptors (Lipinski definition) is 2. The normalized spacial score (nSPS) is 11.8. The van der Waals surface area contributed by atoms with Crippen LogP contribution in [-0.2, 0) is 9.59 Å². The van der Waals surface area contributed by atoms with Gasteiger partial charge in [-0.15, -0.1) is 0 Å². The molecule has 96 valence electrons. The van der Waals surface area contributed by atoms with E-state index in [1.165, 1.54) is 13.8 Å². The summed E-state index contributed by atoms with van der Waals surface area (Å²) in [6.45, 7) is 4.80. The van der Waals surface area contributed by atoms with Gasteiger partial charge in [0.15, 0.2) is 0 Å². The number of aryl methyl sites for hydroxylation is 1. The van der Waals surface area contributed by atoms with Crippen molar-refractivity contribution >= 4 is 40.2 Å². The largest absolute Gasteiger partial charge is 0.478 e. The topological polar surface area (TPSA) is 66.4 Å². The molecule has 1 aromatic carbocycles. The van der Waals surface area contributed by atoms with E-state index >= 15 is 0 Å². The molecule has 1 rings (SSSR count). The molecule has 0 heterocycles. The van der Waals surface area contributed by atoms with E-state index in [-0.39, 0.29) is 17.1 Å². The van der Waals surface area contributed by atoms with Crippen molar-refractivity contribution in [3.8, 4) is 0 Å². The first-order chi connectivity index (χ1) is 8.32. The minimum absolute atomic E-state index is 0.0516. The zero-order chi connectivity index (χ0) is 13.9. The highest BCUT2D eigenvalue weighted by atomic mass is 127. The maximum Gasteiger partial charge on any atom is 0.331 e. The van der Waals surface area contributed by atoms with Crippen molar-refractivity contribution in [3.05, 3.63) is 38.5 Å². The summed E-state index contributed by atoms with van der Waals surface area (Å²) < 4.78 is 1.00. The first kappa shape index (κ1) is 14.7. The maximum absolute atomic E-state index is 11.9. The van der Waals surface area contributed by atoms with Crippen LogP contribution >= 0.6 is 22.6 Å². The number of nitrogens with one attached hydrogen (secondary N) is 1. The summed E-state index contributed by atoms with van der Waals surface area (Å²) >= 11 is 2.15. The molecule has 1 aromatic rings. The first-order valence-corrected chi connectivity index (χ1v) is 6.39. The number of carbonyl (C=O) groups is 2. The molecule has 0 aliphatic carbocycles. The summed E-state index contributed by atoms with van der Waals surface area (Å²) in [5.41, 5.74) is 1.89. The summed E-state index contributed by atoms with van der Waals surface area (Å²) in [6.07, 6.45) is 0. The number of anilines is 1. The molecule has 18 heavy (non-hydrogen) atoms. The Morgan fingerprint density at radius 3 is 2.39 bits per heavy atom. The molecule has 0 spiro atoms. The number of halogens is 1. The number of benzene rings is 1. The summed E-state index contributed by atoms with van der Waals surface area (Å²) in [5, 5.41) is 11.5. The van der Waals surface area contributed by atoms with E-state index in [0.717, 1.165) is 9.13 Å². The molecule has 0 aliphatic heterocycles. The molecule has 0 aliphatic rings. The second kappa shape index (κ2) is 5.99. The molecule has 0 unspecified atom stereocenters. The van der Waals surface area contributed by atoms with Crippen molar-refractivity contribution in [3.63, 3.8) is 0 Å². The van der Waals surface area contributed by atoms with Crippen LogP contribution in [0.5, 0.6) is 0 Å². The van der Waals surface area contributed by atoms with Gasteiger partial charge in [0.1, 0.15) is 0 Å². The predicted octanol–water partition coefficient (Wildman–Crippen LogP) is 2.96. The summed E-state index contributed by atoms with van der Waals surface area (Å²) in [4.78, 5) is 22.7. The van der Waals surface area contributed by atoms with Gasteiger partial charge in [-0.05, 0) is 61.1 Å². The lowest BCUT2D eigenvalue weighted by Gasteiger charge is -2.10. The van der Waals surface area contributed by atoms with Crippen LogP contribution in [0.25, 0.3) is 0 Å². The summed E-state index contributed by atoms with van der Waals surface area (Å²) in [5.74, 6) is -1.47. The Morgan fingerprint density at radius 1 is 1.22 bits per heavy atom. The highest BCUT2D eigenvalue weighted by Crippen LogP contribution is 2.19. The minimum Gasteiger partial charge on any atom is -0.478 e. The number of carboxylic acids is 1. The number of carbonyl (C=O) groups excluding carboxylic acids is 1. The number of amides is 1. The number of aliphatic carboxylic acids is 1. The minimum atomic E-state index is -1.08. The van der Waals surface area contributed by atoms with Crippen molar-refractivity contribution in [1.82, 2.24) is 0 Å². The van der Waals surface area contributed by atoms with Gasteiger partial charge in [0.05, 0.1) is 0 Å². The third kappa shape index (κ3) is 3.56. The zero-order valence-electron chi connectivity index (χ0n) is 10.4. The molecule has 0 fully saturated rings. The van der Waals surface area contributed by atoms with Crippen LogP contribution in [-0.4, -0.2) is 17.0 Å². The third-order valence-electron chi connectivity index (χ3n) is 2.67. The lowest BCUT2D eigenvalue weighted by atomic mass is 10.1. The van der Waals surface area contributed by atoms with E-state index in [1.54, 1.807) is 0 Å². The van der Waals surface area contributed by atoms with Crippen LogP contribution in [0, 0.1) is 10.5 Å². The number of hydrogen-bond donors (Lipinski definition) is 2. The van der Waals surface area contributed by atoms with Crippen LogP contribution in [0.1, 0.15) is 19.4 Å². The summed E-state index contributed by atoms with van der Waals surface area (Å²) in [6, 6.07) is 5.69. The highest BCUT2D eigenvalue weighted by molar-refractivity contribution is 14.1. The van der Waals surface area contributed by atoms with Gasteiger partial charge in [0.25, 0.3) is 5.91 Å². The Morgan fingerprint density at radius 2 is 1.83 bits per heavy atom. The average Bonchev–Trinajstić information content (AvgIpc) is 2.31. The van der Waals surface area contributed by atoms with E-state index in [0.29, 0.717) is 5.69 Å². The van der Waals surface area contributed by atoms with Gasteiger partial charge < -0.3 is 10.4 Å². The fourth-order valence-electron chi connectivity index (χ4n) is 1.28. The van der Waals surface area contributed by atoms with Gasteiger partial charge in [-0.3, -0.25) is 4.79 Å². The fraction of sp³-hybridized carbons (Fsp3) is 0.231. The molecule has 0 atom stereocenters. The second-order valence-electron chi connectivity index (χ2n) is 3.97. The van der Waals surface area contributed by atoms with Gasteiger partial charge >= 0.3 is 5.97 Å². The van der Waals surface area contributed by atoms with E-state index in [9.17, 15) is 9.59 Å². The van der Waals surface area contributed by atoms with Gasteiger partial charge in [0, 0.05) is 20.4 Å². The van der Waals surface area contributed by atoms with E-state index in [2.05, 4.69) is 27.9 Å². The quantitative estimate of drug-likeness (QED) is 0.644. The molecule has 0 bridgehead atoms. The van der Waals surface area contributed by atoms with Crippen molar-refractivity contribution in [2.24, 2.45) is 0 Å². The second-order valence-corrected chi connectivity index (χ2v) is 5.21. The number of carboxylic acid groups (broad SMARTS) is 1. The molecule has 0 radical (unpaired) electrons. The first-order valence-electron chi connectivity index (χ1n) is 5.31. The SMILES string of the molecule is C/C(C(=O)O)=C(/C)C(=O)Nc1cc(I)ccc1C. The van der Waals surface area contributed by atoms with Gasteiger partial charge in [-0.2, -0.15) is 0 Å². The lowest BCUT2D eigenvalue weighted by molar-refractivity contribution is -0.133. The molecule has 0 saturated carbocycles. The molecular formula is C13H14INO3. The summed E-state index contributed by atoms with van der Waals surface area (Å²) in [7, 11) is 0. The van der Waals surface area contributed by atoms with Gasteiger partial charge in [0.2, 0.25) is 0 Å². The Hall–Kier alpha value is -1.37. The zero-order valence-corrected chi connectivity index (χ0v) is 12.5. The van der Waals surface area contributed by atoms with Crippen molar-refractivity contribution in [2.45, 2.75) is 20.8 Å². The smallest absolute Gasteiger partial charge is 0.331 e. The van der Waals surface area contributed by atoms with Crippen LogP contribution in [0.3, 0.4) is 0 Å². The number of rotatable bonds is 3. The molecule has 0 aromatic heterocycles. The van der Waals surface area contributed by atoms with Crippen LogP contribution in [0.4, 0.5) is 5.69 Å². The Balaban J connectivity index is 2.98. The van der Waals surface area contributed by atoms with Crippen molar-refractivity contribution in [2.75, 3.05) is 5.32 Å². The van der Waals surface area contributed by atoms with Gasteiger partial charge in [-0.1, -0.05) is 6.07 Å². The van der Waals surface area contributed by atoms with E-state index in [4.69, 9.17) is 5.11 Å². The molecule has 5 heteroatoms. The molecule has 2 N–H and O–H groups in total. The van der Waals surface area contributed by atoms with Gasteiger partial charge in [-0.25, -0.2) is 4.79 Å². The standard InChI is InChI=1S/C13H14INO3/c1-7-4-5-10(14)6-11(7)15-12(16)8(2)9(3)13(17)18/h4-6H,1-3H3,(H,15,16)(H,17,18)/b9-8+. The average molecular weight is 359 g/mol. The van der Waals surface area contributed by atoms with Crippen molar-refractivity contribution in [1.29, 1.82) is 0 Å².